The molecule has 1 atom stereocenters. The minimum Gasteiger partial charge on any atom is -0.486 e. The summed E-state index contributed by atoms with van der Waals surface area (Å²) < 4.78 is 11.1. The summed E-state index contributed by atoms with van der Waals surface area (Å²) in [6.07, 6.45) is 0.753. The maximum Gasteiger partial charge on any atom is 0.161 e. The molecule has 2 aliphatic heterocycles. The van der Waals surface area contributed by atoms with Crippen LogP contribution in [0.25, 0.3) is 0 Å². The lowest BCUT2D eigenvalue weighted by molar-refractivity contribution is -0.0349. The highest BCUT2D eigenvalue weighted by Gasteiger charge is 2.35. The van der Waals surface area contributed by atoms with Crippen molar-refractivity contribution in [1.29, 1.82) is 0 Å². The highest BCUT2D eigenvalue weighted by molar-refractivity contribution is 5.44. The lowest BCUT2D eigenvalue weighted by Gasteiger charge is -2.40. The van der Waals surface area contributed by atoms with Crippen molar-refractivity contribution in [3.63, 3.8) is 0 Å². The standard InChI is InChI=1S/C22H27NO4/c1-16-4-2-3-5-18(16)22(25)8-10-23(11-9-22)15-19(24)17-6-7-20-21(14-17)27-13-12-26-20/h2-7,14,19,24-25H,8-13,15H2,1H3/t19-/m0/s1. The number of aryl methyl sites for hydroxylation is 1. The van der Waals surface area contributed by atoms with Gasteiger partial charge in [0.05, 0.1) is 11.7 Å². The van der Waals surface area contributed by atoms with Crippen molar-refractivity contribution < 1.29 is 19.7 Å². The first kappa shape index (κ1) is 18.3. The fraction of sp³-hybridized carbons (Fsp3) is 0.455. The minimum atomic E-state index is -0.774. The first-order valence-corrected chi connectivity index (χ1v) is 9.64. The van der Waals surface area contributed by atoms with Crippen LogP contribution in [0.4, 0.5) is 0 Å². The molecule has 5 heteroatoms. The molecular formula is C22H27NO4. The van der Waals surface area contributed by atoms with Gasteiger partial charge < -0.3 is 24.6 Å². The molecule has 0 spiro atoms. The Labute approximate surface area is 160 Å². The number of likely N-dealkylation sites (tertiary alicyclic amines) is 1. The molecule has 0 aromatic heterocycles. The van der Waals surface area contributed by atoms with Crippen LogP contribution in [0.3, 0.4) is 0 Å². The van der Waals surface area contributed by atoms with E-state index in [1.807, 2.05) is 49.4 Å². The Kier molecular flexibility index (Phi) is 5.08. The van der Waals surface area contributed by atoms with Crippen molar-refractivity contribution in [3.05, 3.63) is 59.2 Å². The summed E-state index contributed by atoms with van der Waals surface area (Å²) in [6.45, 7) is 5.20. The second-order valence-electron chi connectivity index (χ2n) is 7.57. The number of aliphatic hydroxyl groups excluding tert-OH is 1. The summed E-state index contributed by atoms with van der Waals surface area (Å²) in [4.78, 5) is 2.22. The van der Waals surface area contributed by atoms with Crippen molar-refractivity contribution in [2.45, 2.75) is 31.5 Å². The number of benzene rings is 2. The molecule has 2 heterocycles. The molecule has 2 N–H and O–H groups in total. The molecule has 0 bridgehead atoms. The maximum absolute atomic E-state index is 11.1. The average molecular weight is 369 g/mol. The molecule has 0 radical (unpaired) electrons. The van der Waals surface area contributed by atoms with Crippen LogP contribution in [-0.2, 0) is 5.60 Å². The number of ether oxygens (including phenoxy) is 2. The molecule has 0 saturated carbocycles. The van der Waals surface area contributed by atoms with Gasteiger partial charge >= 0.3 is 0 Å². The van der Waals surface area contributed by atoms with Crippen molar-refractivity contribution >= 4 is 0 Å². The summed E-state index contributed by atoms with van der Waals surface area (Å²) in [5.74, 6) is 1.43. The molecule has 2 aliphatic rings. The topological polar surface area (TPSA) is 62.2 Å². The zero-order chi connectivity index (χ0) is 18.9. The molecule has 144 valence electrons. The van der Waals surface area contributed by atoms with E-state index in [4.69, 9.17) is 9.47 Å². The van der Waals surface area contributed by atoms with E-state index in [1.54, 1.807) is 0 Å². The minimum absolute atomic E-state index is 0.538. The van der Waals surface area contributed by atoms with Crippen LogP contribution in [0.2, 0.25) is 0 Å². The van der Waals surface area contributed by atoms with E-state index in [0.717, 1.165) is 35.5 Å². The maximum atomic E-state index is 11.1. The van der Waals surface area contributed by atoms with E-state index in [-0.39, 0.29) is 0 Å². The van der Waals surface area contributed by atoms with Crippen LogP contribution in [-0.4, -0.2) is 48.0 Å². The van der Waals surface area contributed by atoms with Crippen LogP contribution in [0.15, 0.2) is 42.5 Å². The third-order valence-electron chi connectivity index (χ3n) is 5.71. The van der Waals surface area contributed by atoms with Gasteiger partial charge in [0.25, 0.3) is 0 Å². The molecule has 0 aliphatic carbocycles. The molecule has 1 fully saturated rings. The number of piperidine rings is 1. The van der Waals surface area contributed by atoms with Crippen LogP contribution in [0.5, 0.6) is 11.5 Å². The van der Waals surface area contributed by atoms with Gasteiger partial charge in [0.15, 0.2) is 11.5 Å². The molecule has 5 nitrogen and oxygen atoms in total. The second kappa shape index (κ2) is 7.50. The van der Waals surface area contributed by atoms with Gasteiger partial charge in [-0.05, 0) is 48.6 Å². The Balaban J connectivity index is 1.38. The number of fused-ring (bicyclic) bond motifs is 1. The Morgan fingerprint density at radius 1 is 1.04 bits per heavy atom. The SMILES string of the molecule is Cc1ccccc1C1(O)CCN(C[C@H](O)c2ccc3c(c2)OCCO3)CC1. The second-order valence-corrected chi connectivity index (χ2v) is 7.57. The highest BCUT2D eigenvalue weighted by atomic mass is 16.6. The Morgan fingerprint density at radius 3 is 2.48 bits per heavy atom. The lowest BCUT2D eigenvalue weighted by atomic mass is 9.82. The van der Waals surface area contributed by atoms with Gasteiger partial charge in [-0.25, -0.2) is 0 Å². The van der Waals surface area contributed by atoms with Crippen LogP contribution >= 0.6 is 0 Å². The molecule has 27 heavy (non-hydrogen) atoms. The van der Waals surface area contributed by atoms with E-state index in [1.165, 1.54) is 0 Å². The smallest absolute Gasteiger partial charge is 0.161 e. The van der Waals surface area contributed by atoms with Gasteiger partial charge in [-0.15, -0.1) is 0 Å². The van der Waals surface area contributed by atoms with Crippen LogP contribution in [0, 0.1) is 6.92 Å². The number of hydrogen-bond donors (Lipinski definition) is 2. The normalized spacial score (nSPS) is 20.3. The summed E-state index contributed by atoms with van der Waals surface area (Å²) in [5, 5.41) is 21.8. The molecule has 4 rings (SSSR count). The number of hydrogen-bond acceptors (Lipinski definition) is 5. The van der Waals surface area contributed by atoms with Crippen LogP contribution < -0.4 is 9.47 Å². The molecular weight excluding hydrogens is 342 g/mol. The van der Waals surface area contributed by atoms with Gasteiger partial charge in [-0.3, -0.25) is 0 Å². The summed E-state index contributed by atoms with van der Waals surface area (Å²) in [6, 6.07) is 13.7. The van der Waals surface area contributed by atoms with E-state index in [0.29, 0.717) is 38.3 Å². The average Bonchev–Trinajstić information content (AvgIpc) is 2.69. The van der Waals surface area contributed by atoms with Crippen molar-refractivity contribution in [2.75, 3.05) is 32.8 Å². The Hall–Kier alpha value is -2.08. The highest BCUT2D eigenvalue weighted by Crippen LogP contribution is 2.36. The van der Waals surface area contributed by atoms with Gasteiger partial charge in [-0.1, -0.05) is 30.3 Å². The predicted molar refractivity (Wildman–Crippen MR) is 103 cm³/mol. The number of β-amino-alcohol motifs (C(OH)–C–C–N with tert-alkyl or cyclic N) is 1. The first-order chi connectivity index (χ1) is 13.0. The Morgan fingerprint density at radius 2 is 1.74 bits per heavy atom. The lowest BCUT2D eigenvalue weighted by Crippen LogP contribution is -2.44. The van der Waals surface area contributed by atoms with Gasteiger partial charge in [0.2, 0.25) is 0 Å². The fourth-order valence-electron chi connectivity index (χ4n) is 4.09. The summed E-state index contributed by atoms with van der Waals surface area (Å²) in [7, 11) is 0. The Bertz CT molecular complexity index is 799. The molecule has 0 unspecified atom stereocenters. The van der Waals surface area contributed by atoms with E-state index in [2.05, 4.69) is 4.90 Å². The van der Waals surface area contributed by atoms with E-state index >= 15 is 0 Å². The number of rotatable bonds is 4. The van der Waals surface area contributed by atoms with Gasteiger partial charge in [0, 0.05) is 19.6 Å². The van der Waals surface area contributed by atoms with E-state index in [9.17, 15) is 10.2 Å². The molecule has 1 saturated heterocycles. The monoisotopic (exact) mass is 369 g/mol. The zero-order valence-electron chi connectivity index (χ0n) is 15.7. The third-order valence-corrected chi connectivity index (χ3v) is 5.71. The van der Waals surface area contributed by atoms with Crippen molar-refractivity contribution in [3.8, 4) is 11.5 Å². The molecule has 0 amide bonds. The van der Waals surface area contributed by atoms with Gasteiger partial charge in [0.1, 0.15) is 13.2 Å². The predicted octanol–water partition coefficient (Wildman–Crippen LogP) is 2.78. The quantitative estimate of drug-likeness (QED) is 0.868. The largest absolute Gasteiger partial charge is 0.486 e. The third kappa shape index (κ3) is 3.81. The zero-order valence-corrected chi connectivity index (χ0v) is 15.7. The molecule has 2 aromatic rings. The van der Waals surface area contributed by atoms with Crippen molar-refractivity contribution in [1.82, 2.24) is 4.90 Å². The van der Waals surface area contributed by atoms with E-state index < -0.39 is 11.7 Å². The van der Waals surface area contributed by atoms with Crippen LogP contribution in [0.1, 0.15) is 35.6 Å². The summed E-state index contributed by atoms with van der Waals surface area (Å²) >= 11 is 0. The number of nitrogens with zero attached hydrogens (tertiary/aromatic N) is 1. The first-order valence-electron chi connectivity index (χ1n) is 9.64. The van der Waals surface area contributed by atoms with Crippen molar-refractivity contribution in [2.24, 2.45) is 0 Å². The fourth-order valence-corrected chi connectivity index (χ4v) is 4.09. The van der Waals surface area contributed by atoms with Gasteiger partial charge in [-0.2, -0.15) is 0 Å². The summed E-state index contributed by atoms with van der Waals surface area (Å²) in [5.41, 5.74) is 2.21. The molecule has 2 aromatic carbocycles. The number of aliphatic hydroxyl groups is 2.